The Kier molecular flexibility index (Phi) is 4.95. The third-order valence-corrected chi connectivity index (χ3v) is 4.05. The van der Waals surface area contributed by atoms with Crippen molar-refractivity contribution < 1.29 is 9.47 Å². The van der Waals surface area contributed by atoms with Crippen molar-refractivity contribution in [2.75, 3.05) is 17.6 Å². The minimum Gasteiger partial charge on any atom is -0.343 e. The largest absolute Gasteiger partial charge is 0.343 e. The normalized spacial score (nSPS) is 18.5. The quantitative estimate of drug-likeness (QED) is 0.563. The van der Waals surface area contributed by atoms with Crippen molar-refractivity contribution in [1.29, 1.82) is 0 Å². The van der Waals surface area contributed by atoms with E-state index in [-0.39, 0.29) is 0 Å². The van der Waals surface area contributed by atoms with Gasteiger partial charge in [0.2, 0.25) is 0 Å². The first kappa shape index (κ1) is 13.9. The van der Waals surface area contributed by atoms with E-state index in [0.29, 0.717) is 23.3 Å². The van der Waals surface area contributed by atoms with Crippen LogP contribution in [0.15, 0.2) is 18.2 Å². The molecule has 1 aliphatic heterocycles. The molecule has 0 aliphatic carbocycles. The molecule has 0 atom stereocenters. The van der Waals surface area contributed by atoms with Crippen LogP contribution >= 0.6 is 45.8 Å². The molecule has 0 N–H and O–H groups in total. The van der Waals surface area contributed by atoms with Crippen LogP contribution in [0.3, 0.4) is 0 Å². The summed E-state index contributed by atoms with van der Waals surface area (Å²) in [5.41, 5.74) is 0.880. The Morgan fingerprint density at radius 2 is 1.94 bits per heavy atom. The maximum absolute atomic E-state index is 6.23. The highest BCUT2D eigenvalue weighted by molar-refractivity contribution is 14.1. The van der Waals surface area contributed by atoms with Gasteiger partial charge in [0.1, 0.15) is 0 Å². The van der Waals surface area contributed by atoms with E-state index in [1.807, 2.05) is 12.1 Å². The average Bonchev–Trinajstić information content (AvgIpc) is 2.76. The van der Waals surface area contributed by atoms with Gasteiger partial charge in [0.15, 0.2) is 5.79 Å². The van der Waals surface area contributed by atoms with Gasteiger partial charge in [-0.2, -0.15) is 0 Å². The maximum atomic E-state index is 6.23. The van der Waals surface area contributed by atoms with Crippen molar-refractivity contribution in [3.63, 3.8) is 0 Å². The third kappa shape index (κ3) is 3.07. The van der Waals surface area contributed by atoms with Gasteiger partial charge in [0.25, 0.3) is 0 Å². The van der Waals surface area contributed by atoms with Gasteiger partial charge in [-0.05, 0) is 23.0 Å². The third-order valence-electron chi connectivity index (χ3n) is 2.73. The fourth-order valence-corrected chi connectivity index (χ4v) is 2.92. The molecule has 2 nitrogen and oxygen atoms in total. The second kappa shape index (κ2) is 6.06. The fourth-order valence-electron chi connectivity index (χ4n) is 1.99. The number of alkyl halides is 1. The fraction of sp³-hybridized carbons (Fsp3) is 0.500. The minimum atomic E-state index is -0.674. The number of halogens is 3. The summed E-state index contributed by atoms with van der Waals surface area (Å²) < 4.78 is 12.7. The average molecular weight is 387 g/mol. The number of hydrogen-bond acceptors (Lipinski definition) is 2. The molecule has 1 saturated heterocycles. The van der Waals surface area contributed by atoms with E-state index in [4.69, 9.17) is 32.7 Å². The predicted molar refractivity (Wildman–Crippen MR) is 78.2 cm³/mol. The highest BCUT2D eigenvalue weighted by Crippen LogP contribution is 2.40. The molecule has 0 aromatic heterocycles. The van der Waals surface area contributed by atoms with Crippen LogP contribution in [0.4, 0.5) is 0 Å². The van der Waals surface area contributed by atoms with Gasteiger partial charge in [-0.25, -0.2) is 0 Å². The molecule has 1 aromatic carbocycles. The molecule has 1 heterocycles. The predicted octanol–water partition coefficient (Wildman–Crippen LogP) is 4.41. The number of ether oxygens (including phenoxy) is 2. The number of rotatable bonds is 4. The van der Waals surface area contributed by atoms with E-state index in [2.05, 4.69) is 22.6 Å². The molecular weight excluding hydrogens is 374 g/mol. The second-order valence-electron chi connectivity index (χ2n) is 3.87. The molecule has 0 unspecified atom stereocenters. The van der Waals surface area contributed by atoms with Gasteiger partial charge < -0.3 is 9.47 Å². The summed E-state index contributed by atoms with van der Waals surface area (Å²) in [5.74, 6) is -0.674. The summed E-state index contributed by atoms with van der Waals surface area (Å²) in [6.45, 7) is 1.22. The van der Waals surface area contributed by atoms with Crippen molar-refractivity contribution in [2.45, 2.75) is 18.6 Å². The lowest BCUT2D eigenvalue weighted by Gasteiger charge is -2.28. The lowest BCUT2D eigenvalue weighted by Crippen LogP contribution is -2.27. The van der Waals surface area contributed by atoms with Gasteiger partial charge in [0, 0.05) is 17.0 Å². The lowest BCUT2D eigenvalue weighted by atomic mass is 10.0. The van der Waals surface area contributed by atoms with E-state index in [9.17, 15) is 0 Å². The monoisotopic (exact) mass is 386 g/mol. The summed E-state index contributed by atoms with van der Waals surface area (Å²) in [6.07, 6.45) is 1.84. The van der Waals surface area contributed by atoms with Crippen molar-refractivity contribution in [1.82, 2.24) is 0 Å². The van der Waals surface area contributed by atoms with Crippen LogP contribution in [0, 0.1) is 0 Å². The minimum absolute atomic E-state index is 0.604. The summed E-state index contributed by atoms with van der Waals surface area (Å²) in [5, 5.41) is 1.23. The molecule has 0 spiro atoms. The topological polar surface area (TPSA) is 18.5 Å². The van der Waals surface area contributed by atoms with Crippen LogP contribution in [-0.2, 0) is 15.3 Å². The van der Waals surface area contributed by atoms with Crippen LogP contribution in [0.2, 0.25) is 10.0 Å². The molecule has 1 aromatic rings. The standard InChI is InChI=1S/C12H13Cl2IO2/c13-9-2-3-10(11(14)8-9)12(4-1-5-15)16-6-7-17-12/h2-3,8H,1,4-7H2. The van der Waals surface area contributed by atoms with Crippen LogP contribution in [0.5, 0.6) is 0 Å². The molecule has 0 bridgehead atoms. The first-order valence-corrected chi connectivity index (χ1v) is 7.75. The molecule has 2 rings (SSSR count). The molecule has 94 valence electrons. The zero-order chi connectivity index (χ0) is 12.3. The molecule has 0 saturated carbocycles. The summed E-state index contributed by atoms with van der Waals surface area (Å²) in [4.78, 5) is 0. The van der Waals surface area contributed by atoms with E-state index in [1.165, 1.54) is 0 Å². The maximum Gasteiger partial charge on any atom is 0.196 e. The van der Waals surface area contributed by atoms with Gasteiger partial charge in [0.05, 0.1) is 18.2 Å². The Balaban J connectivity index is 2.31. The lowest BCUT2D eigenvalue weighted by molar-refractivity contribution is -0.170. The zero-order valence-corrected chi connectivity index (χ0v) is 12.9. The highest BCUT2D eigenvalue weighted by atomic mass is 127. The smallest absolute Gasteiger partial charge is 0.196 e. The van der Waals surface area contributed by atoms with Crippen LogP contribution in [-0.4, -0.2) is 17.6 Å². The molecule has 1 fully saturated rings. The summed E-state index contributed by atoms with van der Waals surface area (Å²) in [6, 6.07) is 5.44. The number of hydrogen-bond donors (Lipinski definition) is 0. The Morgan fingerprint density at radius 3 is 2.53 bits per heavy atom. The van der Waals surface area contributed by atoms with Crippen molar-refractivity contribution >= 4 is 45.8 Å². The van der Waals surface area contributed by atoms with Crippen molar-refractivity contribution in [2.24, 2.45) is 0 Å². The first-order valence-electron chi connectivity index (χ1n) is 5.47. The Morgan fingerprint density at radius 1 is 1.24 bits per heavy atom. The van der Waals surface area contributed by atoms with Crippen molar-refractivity contribution in [3.8, 4) is 0 Å². The van der Waals surface area contributed by atoms with Gasteiger partial charge in [-0.3, -0.25) is 0 Å². The van der Waals surface area contributed by atoms with E-state index < -0.39 is 5.79 Å². The van der Waals surface area contributed by atoms with Gasteiger partial charge in [-0.1, -0.05) is 51.9 Å². The molecule has 1 aliphatic rings. The molecule has 0 radical (unpaired) electrons. The Labute approximate surface area is 125 Å². The highest BCUT2D eigenvalue weighted by Gasteiger charge is 2.39. The summed E-state index contributed by atoms with van der Waals surface area (Å²) >= 11 is 14.5. The second-order valence-corrected chi connectivity index (χ2v) is 5.79. The van der Waals surface area contributed by atoms with Crippen molar-refractivity contribution in [3.05, 3.63) is 33.8 Å². The van der Waals surface area contributed by atoms with Gasteiger partial charge >= 0.3 is 0 Å². The van der Waals surface area contributed by atoms with E-state index >= 15 is 0 Å². The van der Waals surface area contributed by atoms with Gasteiger partial charge in [-0.15, -0.1) is 0 Å². The van der Waals surface area contributed by atoms with Crippen LogP contribution in [0.25, 0.3) is 0 Å². The SMILES string of the molecule is Clc1ccc(C2(CCCI)OCCO2)c(Cl)c1. The Hall–Kier alpha value is 0.450. The van der Waals surface area contributed by atoms with Crippen LogP contribution < -0.4 is 0 Å². The number of benzene rings is 1. The molecule has 5 heteroatoms. The van der Waals surface area contributed by atoms with E-state index in [1.54, 1.807) is 6.07 Å². The Bertz CT molecular complexity index is 392. The summed E-state index contributed by atoms with van der Waals surface area (Å²) in [7, 11) is 0. The molecule has 17 heavy (non-hydrogen) atoms. The van der Waals surface area contributed by atoms with E-state index in [0.717, 1.165) is 22.8 Å². The zero-order valence-electron chi connectivity index (χ0n) is 9.22. The molecule has 0 amide bonds. The molecular formula is C12H13Cl2IO2. The van der Waals surface area contributed by atoms with Crippen LogP contribution in [0.1, 0.15) is 18.4 Å². The first-order chi connectivity index (χ1) is 8.18.